The minimum Gasteiger partial charge on any atom is -0.294 e. The van der Waals surface area contributed by atoms with Crippen LogP contribution in [0.4, 0.5) is 0 Å². The van der Waals surface area contributed by atoms with Gasteiger partial charge in [-0.25, -0.2) is 0 Å². The molecule has 0 spiro atoms. The van der Waals surface area contributed by atoms with Gasteiger partial charge in [0.05, 0.1) is 0 Å². The molecule has 0 saturated carbocycles. The van der Waals surface area contributed by atoms with Crippen molar-refractivity contribution in [2.75, 3.05) is 0 Å². The van der Waals surface area contributed by atoms with Crippen molar-refractivity contribution in [2.45, 2.75) is 20.3 Å². The van der Waals surface area contributed by atoms with Crippen molar-refractivity contribution in [3.63, 3.8) is 0 Å². The monoisotopic (exact) mass is 302 g/mol. The van der Waals surface area contributed by atoms with Crippen molar-refractivity contribution in [2.24, 2.45) is 0 Å². The Morgan fingerprint density at radius 1 is 1.06 bits per heavy atom. The van der Waals surface area contributed by atoms with Gasteiger partial charge in [0.1, 0.15) is 0 Å². The zero-order valence-electron chi connectivity index (χ0n) is 10.5. The second-order valence-corrected chi connectivity index (χ2v) is 5.40. The lowest BCUT2D eigenvalue weighted by Gasteiger charge is -2.07. The lowest BCUT2D eigenvalue weighted by Crippen LogP contribution is -2.06. The molecular weight excluding hydrogens is 288 g/mol. The molecule has 92 valence electrons. The first-order valence-electron chi connectivity index (χ1n) is 5.92. The Bertz CT molecular complexity index is 587. The Morgan fingerprint density at radius 3 is 2.50 bits per heavy atom. The van der Waals surface area contributed by atoms with Gasteiger partial charge in [-0.3, -0.25) is 4.79 Å². The van der Waals surface area contributed by atoms with Crippen LogP contribution in [0.25, 0.3) is 0 Å². The molecular formula is C16H15BrO. The Balaban J connectivity index is 2.28. The van der Waals surface area contributed by atoms with E-state index in [4.69, 9.17) is 0 Å². The minimum atomic E-state index is 0.170. The molecule has 2 heteroatoms. The van der Waals surface area contributed by atoms with Crippen molar-refractivity contribution in [1.82, 2.24) is 0 Å². The first-order chi connectivity index (χ1) is 8.58. The number of carbonyl (C=O) groups excluding carboxylic acids is 1. The van der Waals surface area contributed by atoms with E-state index in [0.29, 0.717) is 6.42 Å². The van der Waals surface area contributed by atoms with E-state index in [1.807, 2.05) is 56.3 Å². The van der Waals surface area contributed by atoms with Gasteiger partial charge in [0.15, 0.2) is 5.78 Å². The molecule has 0 aliphatic heterocycles. The molecule has 0 aliphatic rings. The van der Waals surface area contributed by atoms with Gasteiger partial charge in [-0.15, -0.1) is 0 Å². The van der Waals surface area contributed by atoms with Crippen molar-refractivity contribution in [3.05, 3.63) is 69.2 Å². The normalized spacial score (nSPS) is 10.4. The third-order valence-electron chi connectivity index (χ3n) is 3.11. The predicted octanol–water partition coefficient (Wildman–Crippen LogP) is 4.49. The molecule has 0 heterocycles. The second kappa shape index (κ2) is 5.49. The molecule has 18 heavy (non-hydrogen) atoms. The van der Waals surface area contributed by atoms with Crippen LogP contribution in [0.5, 0.6) is 0 Å². The zero-order chi connectivity index (χ0) is 13.1. The highest BCUT2D eigenvalue weighted by Crippen LogP contribution is 2.19. The molecule has 0 unspecified atom stereocenters. The molecule has 0 atom stereocenters. The Hall–Kier alpha value is -1.41. The quantitative estimate of drug-likeness (QED) is 0.763. The summed E-state index contributed by atoms with van der Waals surface area (Å²) >= 11 is 3.41. The first-order valence-corrected chi connectivity index (χ1v) is 6.71. The number of rotatable bonds is 3. The highest BCUT2D eigenvalue weighted by molar-refractivity contribution is 9.10. The van der Waals surface area contributed by atoms with Gasteiger partial charge in [-0.1, -0.05) is 46.3 Å². The van der Waals surface area contributed by atoms with E-state index in [9.17, 15) is 4.79 Å². The number of hydrogen-bond acceptors (Lipinski definition) is 1. The zero-order valence-corrected chi connectivity index (χ0v) is 12.1. The van der Waals surface area contributed by atoms with Gasteiger partial charge in [-0.05, 0) is 42.7 Å². The maximum Gasteiger partial charge on any atom is 0.167 e. The summed E-state index contributed by atoms with van der Waals surface area (Å²) in [6.45, 7) is 4.01. The molecule has 0 aliphatic carbocycles. The Kier molecular flexibility index (Phi) is 3.97. The summed E-state index contributed by atoms with van der Waals surface area (Å²) in [5.74, 6) is 0.170. The van der Waals surface area contributed by atoms with Crippen LogP contribution in [0.2, 0.25) is 0 Å². The van der Waals surface area contributed by atoms with E-state index in [1.54, 1.807) is 0 Å². The maximum atomic E-state index is 12.3. The predicted molar refractivity (Wildman–Crippen MR) is 78.1 cm³/mol. The number of halogens is 1. The van der Waals surface area contributed by atoms with Gasteiger partial charge in [0, 0.05) is 16.5 Å². The van der Waals surface area contributed by atoms with Gasteiger partial charge in [-0.2, -0.15) is 0 Å². The minimum absolute atomic E-state index is 0.170. The van der Waals surface area contributed by atoms with Crippen LogP contribution in [0.1, 0.15) is 27.0 Å². The lowest BCUT2D eigenvalue weighted by atomic mass is 9.97. The van der Waals surface area contributed by atoms with Crippen LogP contribution in [-0.4, -0.2) is 5.78 Å². The lowest BCUT2D eigenvalue weighted by molar-refractivity contribution is 0.0992. The van der Waals surface area contributed by atoms with E-state index in [0.717, 1.165) is 21.2 Å². The summed E-state index contributed by atoms with van der Waals surface area (Å²) in [7, 11) is 0. The molecule has 0 fully saturated rings. The number of Topliss-reactive ketones (excluding diaryl/α,β-unsaturated/α-hetero) is 1. The fraction of sp³-hybridized carbons (Fsp3) is 0.188. The number of benzene rings is 2. The summed E-state index contributed by atoms with van der Waals surface area (Å²) in [6, 6.07) is 13.8. The number of hydrogen-bond donors (Lipinski definition) is 0. The molecule has 0 radical (unpaired) electrons. The molecule has 2 aromatic carbocycles. The molecule has 2 aromatic rings. The SMILES string of the molecule is Cc1ccccc1CC(=O)c1cc(Br)ccc1C. The second-order valence-electron chi connectivity index (χ2n) is 4.49. The van der Waals surface area contributed by atoms with Crippen molar-refractivity contribution >= 4 is 21.7 Å². The maximum absolute atomic E-state index is 12.3. The summed E-state index contributed by atoms with van der Waals surface area (Å²) in [6.07, 6.45) is 0.462. The topological polar surface area (TPSA) is 17.1 Å². The van der Waals surface area contributed by atoms with Crippen LogP contribution < -0.4 is 0 Å². The van der Waals surface area contributed by atoms with Crippen LogP contribution in [0.15, 0.2) is 46.9 Å². The summed E-state index contributed by atoms with van der Waals surface area (Å²) < 4.78 is 0.946. The smallest absolute Gasteiger partial charge is 0.167 e. The van der Waals surface area contributed by atoms with Crippen LogP contribution in [0, 0.1) is 13.8 Å². The fourth-order valence-corrected chi connectivity index (χ4v) is 2.33. The van der Waals surface area contributed by atoms with E-state index in [1.165, 1.54) is 5.56 Å². The van der Waals surface area contributed by atoms with Crippen molar-refractivity contribution < 1.29 is 4.79 Å². The van der Waals surface area contributed by atoms with Crippen molar-refractivity contribution in [3.8, 4) is 0 Å². The average Bonchev–Trinajstić information content (AvgIpc) is 2.35. The third kappa shape index (κ3) is 2.88. The van der Waals surface area contributed by atoms with E-state index in [-0.39, 0.29) is 5.78 Å². The Labute approximate surface area is 116 Å². The fourth-order valence-electron chi connectivity index (χ4n) is 1.97. The van der Waals surface area contributed by atoms with Gasteiger partial charge < -0.3 is 0 Å². The highest BCUT2D eigenvalue weighted by atomic mass is 79.9. The van der Waals surface area contributed by atoms with E-state index < -0.39 is 0 Å². The van der Waals surface area contributed by atoms with Crippen LogP contribution in [0.3, 0.4) is 0 Å². The van der Waals surface area contributed by atoms with Gasteiger partial charge in [0.25, 0.3) is 0 Å². The first kappa shape index (κ1) is 13.0. The molecule has 0 bridgehead atoms. The number of ketones is 1. The van der Waals surface area contributed by atoms with Crippen LogP contribution >= 0.6 is 15.9 Å². The summed E-state index contributed by atoms with van der Waals surface area (Å²) in [5, 5.41) is 0. The molecule has 2 rings (SSSR count). The van der Waals surface area contributed by atoms with Crippen LogP contribution in [-0.2, 0) is 6.42 Å². The highest BCUT2D eigenvalue weighted by Gasteiger charge is 2.11. The van der Waals surface area contributed by atoms with Gasteiger partial charge in [0.2, 0.25) is 0 Å². The summed E-state index contributed by atoms with van der Waals surface area (Å²) in [4.78, 5) is 12.3. The summed E-state index contributed by atoms with van der Waals surface area (Å²) in [5.41, 5.74) is 4.09. The molecule has 0 saturated heterocycles. The van der Waals surface area contributed by atoms with Gasteiger partial charge >= 0.3 is 0 Å². The molecule has 1 nitrogen and oxygen atoms in total. The van der Waals surface area contributed by atoms with E-state index >= 15 is 0 Å². The largest absolute Gasteiger partial charge is 0.294 e. The third-order valence-corrected chi connectivity index (χ3v) is 3.61. The molecule has 0 aromatic heterocycles. The molecule has 0 amide bonds. The molecule has 0 N–H and O–H groups in total. The Morgan fingerprint density at radius 2 is 1.78 bits per heavy atom. The number of aryl methyl sites for hydroxylation is 2. The number of carbonyl (C=O) groups is 1. The average molecular weight is 303 g/mol. The van der Waals surface area contributed by atoms with E-state index in [2.05, 4.69) is 15.9 Å². The van der Waals surface area contributed by atoms with Crippen molar-refractivity contribution in [1.29, 1.82) is 0 Å². The standard InChI is InChI=1S/C16H15BrO/c1-11-5-3-4-6-13(11)9-16(18)15-10-14(17)8-7-12(15)2/h3-8,10H,9H2,1-2H3.